The monoisotopic (exact) mass is 270 g/mol. The summed E-state index contributed by atoms with van der Waals surface area (Å²) < 4.78 is 4.69. The van der Waals surface area contributed by atoms with E-state index < -0.39 is 0 Å². The van der Waals surface area contributed by atoms with E-state index in [1.165, 1.54) is 33.9 Å². The van der Waals surface area contributed by atoms with Crippen LogP contribution in [-0.2, 0) is 13.1 Å². The van der Waals surface area contributed by atoms with Crippen LogP contribution in [0.15, 0.2) is 24.3 Å². The summed E-state index contributed by atoms with van der Waals surface area (Å²) in [6.07, 6.45) is 0. The number of hydrogen-bond acceptors (Lipinski definition) is 0. The Morgan fingerprint density at radius 3 is 1.05 bits per heavy atom. The molecule has 2 aromatic rings. The minimum absolute atomic E-state index is 1.03. The average molecular weight is 270 g/mol. The van der Waals surface area contributed by atoms with E-state index in [-0.39, 0.29) is 0 Å². The second-order valence-electron chi connectivity index (χ2n) is 5.54. The maximum Gasteiger partial charge on any atom is 0.179 e. The molecule has 0 aliphatic carbocycles. The van der Waals surface area contributed by atoms with Crippen molar-refractivity contribution >= 4 is 0 Å². The topological polar surface area (TPSA) is 7.76 Å². The average Bonchev–Trinajstić information content (AvgIpc) is 2.37. The molecule has 106 valence electrons. The molecule has 2 heteroatoms. The van der Waals surface area contributed by atoms with Gasteiger partial charge >= 0.3 is 0 Å². The SMILES string of the molecule is CC[n+]1c(C)cc(-c2cc(C)[n+](CC)c(C)c2)cc1C. The van der Waals surface area contributed by atoms with Crippen LogP contribution < -0.4 is 9.13 Å². The van der Waals surface area contributed by atoms with E-state index in [2.05, 4.69) is 74.9 Å². The molecule has 0 N–H and O–H groups in total. The summed E-state index contributed by atoms with van der Waals surface area (Å²) >= 11 is 0. The first-order chi connectivity index (χ1) is 9.47. The molecule has 2 heterocycles. The lowest BCUT2D eigenvalue weighted by atomic mass is 10.0. The zero-order valence-electron chi connectivity index (χ0n) is 13.6. The summed E-state index contributed by atoms with van der Waals surface area (Å²) in [5.74, 6) is 0. The van der Waals surface area contributed by atoms with E-state index >= 15 is 0 Å². The van der Waals surface area contributed by atoms with Gasteiger partial charge in [-0.3, -0.25) is 0 Å². The lowest BCUT2D eigenvalue weighted by molar-refractivity contribution is -0.705. The molecule has 20 heavy (non-hydrogen) atoms. The van der Waals surface area contributed by atoms with Gasteiger partial charge in [-0.25, -0.2) is 9.13 Å². The third kappa shape index (κ3) is 2.60. The van der Waals surface area contributed by atoms with Crippen molar-refractivity contribution in [3.8, 4) is 11.1 Å². The van der Waals surface area contributed by atoms with Gasteiger partial charge in [-0.15, -0.1) is 0 Å². The summed E-state index contributed by atoms with van der Waals surface area (Å²) in [6, 6.07) is 9.17. The second kappa shape index (κ2) is 5.74. The molecule has 2 aromatic heterocycles. The zero-order chi connectivity index (χ0) is 14.9. The standard InChI is InChI=1S/C18H26N2/c1-7-19-13(3)9-17(10-14(19)4)18-11-15(5)20(8-2)16(6)12-18/h9-12H,7-8H2,1-6H3/q+2. The largest absolute Gasteiger partial charge is 0.201 e. The minimum Gasteiger partial charge on any atom is -0.201 e. The molecule has 0 fully saturated rings. The quantitative estimate of drug-likeness (QED) is 0.757. The van der Waals surface area contributed by atoms with Crippen LogP contribution in [0, 0.1) is 27.7 Å². The Labute approximate surface area is 122 Å². The van der Waals surface area contributed by atoms with Crippen molar-refractivity contribution in [3.05, 3.63) is 47.0 Å². The molecule has 0 saturated heterocycles. The molecule has 0 aliphatic rings. The van der Waals surface area contributed by atoms with E-state index in [0.717, 1.165) is 13.1 Å². The van der Waals surface area contributed by atoms with Crippen LogP contribution in [0.4, 0.5) is 0 Å². The van der Waals surface area contributed by atoms with Crippen molar-refractivity contribution in [3.63, 3.8) is 0 Å². The van der Waals surface area contributed by atoms with Gasteiger partial charge in [-0.1, -0.05) is 0 Å². The summed E-state index contributed by atoms with van der Waals surface area (Å²) in [6.45, 7) is 15.2. The van der Waals surface area contributed by atoms with Gasteiger partial charge in [0, 0.05) is 52.0 Å². The molecule has 0 spiro atoms. The van der Waals surface area contributed by atoms with Crippen LogP contribution in [0.5, 0.6) is 0 Å². The number of aryl methyl sites for hydroxylation is 4. The van der Waals surface area contributed by atoms with Crippen LogP contribution in [0.3, 0.4) is 0 Å². The van der Waals surface area contributed by atoms with E-state index in [9.17, 15) is 0 Å². The maximum absolute atomic E-state index is 2.35. The number of rotatable bonds is 3. The van der Waals surface area contributed by atoms with Gasteiger partial charge in [0.2, 0.25) is 0 Å². The Morgan fingerprint density at radius 2 is 0.850 bits per heavy atom. The van der Waals surface area contributed by atoms with Crippen molar-refractivity contribution < 1.29 is 9.13 Å². The van der Waals surface area contributed by atoms with Gasteiger partial charge in [0.25, 0.3) is 0 Å². The maximum atomic E-state index is 2.35. The second-order valence-corrected chi connectivity index (χ2v) is 5.54. The molecule has 0 atom stereocenters. The van der Waals surface area contributed by atoms with Gasteiger partial charge in [0.1, 0.15) is 13.1 Å². The molecule has 0 amide bonds. The first-order valence-corrected chi connectivity index (χ1v) is 7.50. The van der Waals surface area contributed by atoms with Crippen molar-refractivity contribution in [2.24, 2.45) is 0 Å². The normalized spacial score (nSPS) is 10.9. The Hall–Kier alpha value is -1.70. The molecular formula is C18H26N2+2. The predicted octanol–water partition coefficient (Wildman–Crippen LogP) is 3.20. The van der Waals surface area contributed by atoms with Gasteiger partial charge < -0.3 is 0 Å². The number of aromatic nitrogens is 2. The summed E-state index contributed by atoms with van der Waals surface area (Å²) in [5.41, 5.74) is 7.93. The number of hydrogen-bond donors (Lipinski definition) is 0. The van der Waals surface area contributed by atoms with Crippen LogP contribution in [0.2, 0.25) is 0 Å². The molecule has 0 bridgehead atoms. The van der Waals surface area contributed by atoms with Crippen LogP contribution in [0.25, 0.3) is 11.1 Å². The highest BCUT2D eigenvalue weighted by Crippen LogP contribution is 2.21. The first kappa shape index (κ1) is 14.7. The zero-order valence-corrected chi connectivity index (χ0v) is 13.6. The molecule has 0 unspecified atom stereocenters. The Kier molecular flexibility index (Phi) is 4.22. The molecule has 0 radical (unpaired) electrons. The third-order valence-electron chi connectivity index (χ3n) is 4.13. The molecule has 2 rings (SSSR count). The molecule has 0 aliphatic heterocycles. The minimum atomic E-state index is 1.03. The fraction of sp³-hybridized carbons (Fsp3) is 0.444. The highest BCUT2D eigenvalue weighted by Gasteiger charge is 2.15. The number of pyridine rings is 2. The van der Waals surface area contributed by atoms with E-state index in [1.54, 1.807) is 0 Å². The van der Waals surface area contributed by atoms with Gasteiger partial charge in [0.15, 0.2) is 22.8 Å². The van der Waals surface area contributed by atoms with Crippen molar-refractivity contribution in [2.45, 2.75) is 54.6 Å². The fourth-order valence-corrected chi connectivity index (χ4v) is 3.18. The molecule has 0 aromatic carbocycles. The highest BCUT2D eigenvalue weighted by atomic mass is 15.0. The van der Waals surface area contributed by atoms with Crippen molar-refractivity contribution in [1.29, 1.82) is 0 Å². The Bertz CT molecular complexity index is 538. The Morgan fingerprint density at radius 1 is 0.600 bits per heavy atom. The molecule has 0 saturated carbocycles. The summed E-state index contributed by atoms with van der Waals surface area (Å²) in [7, 11) is 0. The van der Waals surface area contributed by atoms with Crippen molar-refractivity contribution in [2.75, 3.05) is 0 Å². The Balaban J connectivity index is 2.58. The van der Waals surface area contributed by atoms with E-state index in [1.807, 2.05) is 0 Å². The van der Waals surface area contributed by atoms with Gasteiger partial charge in [-0.2, -0.15) is 0 Å². The van der Waals surface area contributed by atoms with Crippen molar-refractivity contribution in [1.82, 2.24) is 0 Å². The third-order valence-corrected chi connectivity index (χ3v) is 4.13. The van der Waals surface area contributed by atoms with Gasteiger partial charge in [-0.05, 0) is 25.0 Å². The summed E-state index contributed by atoms with van der Waals surface area (Å²) in [4.78, 5) is 0. The van der Waals surface area contributed by atoms with E-state index in [4.69, 9.17) is 0 Å². The lowest BCUT2D eigenvalue weighted by Gasteiger charge is -2.08. The smallest absolute Gasteiger partial charge is 0.179 e. The summed E-state index contributed by atoms with van der Waals surface area (Å²) in [5, 5.41) is 0. The molecular weight excluding hydrogens is 244 g/mol. The highest BCUT2D eigenvalue weighted by molar-refractivity contribution is 5.63. The number of nitrogens with zero attached hydrogens (tertiary/aromatic N) is 2. The van der Waals surface area contributed by atoms with Crippen LogP contribution in [0.1, 0.15) is 36.6 Å². The predicted molar refractivity (Wildman–Crippen MR) is 82.6 cm³/mol. The fourth-order valence-electron chi connectivity index (χ4n) is 3.18. The van der Waals surface area contributed by atoms with E-state index in [0.29, 0.717) is 0 Å². The lowest BCUT2D eigenvalue weighted by Crippen LogP contribution is -2.39. The molecule has 2 nitrogen and oxygen atoms in total. The van der Waals surface area contributed by atoms with Gasteiger partial charge in [0.05, 0.1) is 0 Å². The van der Waals surface area contributed by atoms with Crippen LogP contribution in [-0.4, -0.2) is 0 Å². The first-order valence-electron chi connectivity index (χ1n) is 7.50. The van der Waals surface area contributed by atoms with Crippen LogP contribution >= 0.6 is 0 Å².